The fourth-order valence-electron chi connectivity index (χ4n) is 2.77. The second-order valence-electron chi connectivity index (χ2n) is 6.77. The Labute approximate surface area is 193 Å². The number of nitrogens with zero attached hydrogens (tertiary/aromatic N) is 2. The van der Waals surface area contributed by atoms with Crippen LogP contribution >= 0.6 is 12.4 Å². The van der Waals surface area contributed by atoms with Gasteiger partial charge in [0.1, 0.15) is 28.8 Å². The van der Waals surface area contributed by atoms with E-state index in [4.69, 9.17) is 16.2 Å². The van der Waals surface area contributed by atoms with Crippen LogP contribution in [0.2, 0.25) is 0 Å². The summed E-state index contributed by atoms with van der Waals surface area (Å²) >= 11 is 0. The fourth-order valence-corrected chi connectivity index (χ4v) is 2.77. The van der Waals surface area contributed by atoms with Crippen LogP contribution in [0.25, 0.3) is 11.3 Å². The lowest BCUT2D eigenvalue weighted by Gasteiger charge is -2.16. The number of hydrogen-bond acceptors (Lipinski definition) is 7. The van der Waals surface area contributed by atoms with E-state index in [-0.39, 0.29) is 55.2 Å². The highest BCUT2D eigenvalue weighted by Crippen LogP contribution is 2.30. The maximum atomic E-state index is 14.4. The minimum Gasteiger partial charge on any atom is -0.491 e. The molecule has 176 valence electrons. The van der Waals surface area contributed by atoms with Crippen molar-refractivity contribution in [3.8, 4) is 17.0 Å². The molecule has 8 nitrogen and oxygen atoms in total. The molecule has 1 aromatic carbocycles. The van der Waals surface area contributed by atoms with Crippen LogP contribution in [-0.2, 0) is 0 Å². The number of anilines is 2. The molecule has 0 fully saturated rings. The normalized spacial score (nSPS) is 11.4. The lowest BCUT2D eigenvalue weighted by Crippen LogP contribution is -2.25. The number of aliphatic hydroxyl groups excluding tert-OH is 1. The van der Waals surface area contributed by atoms with Gasteiger partial charge in [0, 0.05) is 30.8 Å². The number of nitrogen functional groups attached to an aromatic ring is 1. The molecule has 2 heterocycles. The maximum absolute atomic E-state index is 14.4. The summed E-state index contributed by atoms with van der Waals surface area (Å²) in [4.78, 5) is 20.5. The molecule has 0 aliphatic heterocycles. The van der Waals surface area contributed by atoms with Gasteiger partial charge in [0.05, 0.1) is 30.7 Å². The molecule has 1 unspecified atom stereocenters. The van der Waals surface area contributed by atoms with E-state index in [1.807, 2.05) is 0 Å². The minimum atomic E-state index is -1.09. The molecular weight excluding hydrogens is 463 g/mol. The summed E-state index contributed by atoms with van der Waals surface area (Å²) in [6, 6.07) is 5.23. The number of aliphatic hydroxyl groups is 1. The fraction of sp³-hybridized carbons (Fsp3) is 0.190. The van der Waals surface area contributed by atoms with Crippen LogP contribution < -0.4 is 21.5 Å². The Morgan fingerprint density at radius 3 is 2.52 bits per heavy atom. The quantitative estimate of drug-likeness (QED) is 0.386. The topological polar surface area (TPSA) is 136 Å². The van der Waals surface area contributed by atoms with Crippen LogP contribution in [0, 0.1) is 23.4 Å². The summed E-state index contributed by atoms with van der Waals surface area (Å²) in [5.41, 5.74) is 9.19. The van der Waals surface area contributed by atoms with Gasteiger partial charge in [-0.15, -0.1) is 12.4 Å². The first kappa shape index (κ1) is 25.8. The summed E-state index contributed by atoms with van der Waals surface area (Å²) in [5.74, 6) is -4.16. The highest BCUT2D eigenvalue weighted by Gasteiger charge is 2.22. The van der Waals surface area contributed by atoms with Crippen LogP contribution in [-0.4, -0.2) is 40.7 Å². The van der Waals surface area contributed by atoms with Gasteiger partial charge in [-0.2, -0.15) is 0 Å². The second kappa shape index (κ2) is 11.5. The number of carbonyl (C=O) groups is 1. The van der Waals surface area contributed by atoms with E-state index in [0.717, 1.165) is 24.3 Å². The smallest absolute Gasteiger partial charge is 0.276 e. The van der Waals surface area contributed by atoms with E-state index in [9.17, 15) is 23.1 Å². The highest BCUT2D eigenvalue weighted by molar-refractivity contribution is 6.07. The zero-order chi connectivity index (χ0) is 23.3. The Kier molecular flexibility index (Phi) is 8.97. The molecule has 33 heavy (non-hydrogen) atoms. The van der Waals surface area contributed by atoms with Gasteiger partial charge in [-0.05, 0) is 12.1 Å². The number of aromatic nitrogens is 2. The van der Waals surface area contributed by atoms with Gasteiger partial charge in [-0.25, -0.2) is 18.2 Å². The Bertz CT molecular complexity index is 1110. The van der Waals surface area contributed by atoms with Crippen LogP contribution in [0.5, 0.6) is 5.75 Å². The number of rotatable bonds is 8. The van der Waals surface area contributed by atoms with Gasteiger partial charge in [-0.3, -0.25) is 9.78 Å². The first-order valence-corrected chi connectivity index (χ1v) is 9.45. The number of nitrogens with two attached hydrogens (primary N) is 2. The van der Waals surface area contributed by atoms with Crippen molar-refractivity contribution < 1.29 is 27.8 Å². The van der Waals surface area contributed by atoms with Crippen LogP contribution in [0.3, 0.4) is 0 Å². The Hall–Kier alpha value is -3.41. The molecule has 0 saturated carbocycles. The molecule has 0 aliphatic rings. The van der Waals surface area contributed by atoms with E-state index in [0.29, 0.717) is 0 Å². The molecule has 1 amide bonds. The van der Waals surface area contributed by atoms with Crippen molar-refractivity contribution in [2.75, 3.05) is 30.8 Å². The van der Waals surface area contributed by atoms with E-state index >= 15 is 0 Å². The zero-order valence-electron chi connectivity index (χ0n) is 17.1. The third-order valence-corrected chi connectivity index (χ3v) is 4.52. The summed E-state index contributed by atoms with van der Waals surface area (Å²) in [5, 5.41) is 11.7. The standard InChI is InChI=1S/C21H20F3N5O3.ClH/c22-12-2-1-3-13(23)18(12)19-14(24)6-15(26)20(29-19)21(31)28-16-8-27-5-4-17(16)32-10-11(7-25)9-30;/h1-6,8,11,30H,7,9-10,25-26H2,(H,28,31);1H. The van der Waals surface area contributed by atoms with Gasteiger partial charge in [0.2, 0.25) is 0 Å². The van der Waals surface area contributed by atoms with Gasteiger partial charge in [-0.1, -0.05) is 6.07 Å². The average Bonchev–Trinajstić information content (AvgIpc) is 2.76. The van der Waals surface area contributed by atoms with Crippen molar-refractivity contribution in [2.45, 2.75) is 0 Å². The molecular formula is C21H21ClF3N5O3. The van der Waals surface area contributed by atoms with Gasteiger partial charge in [0.25, 0.3) is 5.91 Å². The molecule has 2 aromatic heterocycles. The lowest BCUT2D eigenvalue weighted by atomic mass is 10.1. The monoisotopic (exact) mass is 483 g/mol. The van der Waals surface area contributed by atoms with E-state index in [2.05, 4.69) is 15.3 Å². The molecule has 0 spiro atoms. The van der Waals surface area contributed by atoms with Gasteiger partial charge < -0.3 is 26.6 Å². The van der Waals surface area contributed by atoms with Crippen molar-refractivity contribution in [1.29, 1.82) is 0 Å². The van der Waals surface area contributed by atoms with Crippen molar-refractivity contribution in [2.24, 2.45) is 11.7 Å². The number of benzene rings is 1. The SMILES string of the molecule is Cl.NCC(CO)COc1ccncc1NC(=O)c1nc(-c2c(F)cccc2F)c(F)cc1N. The van der Waals surface area contributed by atoms with Crippen molar-refractivity contribution in [3.63, 3.8) is 0 Å². The number of halogens is 4. The first-order valence-electron chi connectivity index (χ1n) is 9.45. The van der Waals surface area contributed by atoms with Crippen molar-refractivity contribution in [3.05, 3.63) is 65.9 Å². The molecule has 0 saturated heterocycles. The van der Waals surface area contributed by atoms with Crippen molar-refractivity contribution in [1.82, 2.24) is 9.97 Å². The average molecular weight is 484 g/mol. The second-order valence-corrected chi connectivity index (χ2v) is 6.77. The number of amides is 1. The van der Waals surface area contributed by atoms with E-state index < -0.39 is 40.3 Å². The molecule has 0 aliphatic carbocycles. The summed E-state index contributed by atoms with van der Waals surface area (Å²) in [6.07, 6.45) is 2.71. The number of hydrogen-bond donors (Lipinski definition) is 4. The summed E-state index contributed by atoms with van der Waals surface area (Å²) < 4.78 is 48.2. The number of carbonyl (C=O) groups excluding carboxylic acids is 1. The van der Waals surface area contributed by atoms with Gasteiger partial charge >= 0.3 is 0 Å². The number of nitrogens with one attached hydrogen (secondary N) is 1. The van der Waals surface area contributed by atoms with Gasteiger partial charge in [0.15, 0.2) is 11.5 Å². The molecule has 0 bridgehead atoms. The summed E-state index contributed by atoms with van der Waals surface area (Å²) in [7, 11) is 0. The lowest BCUT2D eigenvalue weighted by molar-refractivity contribution is 0.102. The molecule has 3 rings (SSSR count). The number of pyridine rings is 2. The highest BCUT2D eigenvalue weighted by atomic mass is 35.5. The van der Waals surface area contributed by atoms with Crippen LogP contribution in [0.15, 0.2) is 42.7 Å². The van der Waals surface area contributed by atoms with Crippen LogP contribution in [0.4, 0.5) is 24.5 Å². The molecule has 6 N–H and O–H groups in total. The Morgan fingerprint density at radius 2 is 1.88 bits per heavy atom. The molecule has 12 heteroatoms. The Morgan fingerprint density at radius 1 is 1.18 bits per heavy atom. The molecule has 0 radical (unpaired) electrons. The molecule has 1 atom stereocenters. The summed E-state index contributed by atoms with van der Waals surface area (Å²) in [6.45, 7) is 0.0803. The first-order chi connectivity index (χ1) is 15.3. The Balaban J connectivity index is 0.00000385. The number of ether oxygens (including phenoxy) is 1. The largest absolute Gasteiger partial charge is 0.491 e. The van der Waals surface area contributed by atoms with E-state index in [1.165, 1.54) is 18.5 Å². The third-order valence-electron chi connectivity index (χ3n) is 4.52. The minimum absolute atomic E-state index is 0. The van der Waals surface area contributed by atoms with Crippen molar-refractivity contribution >= 4 is 29.7 Å². The predicted octanol–water partition coefficient (Wildman–Crippen LogP) is 2.76. The molecule has 3 aromatic rings. The van der Waals surface area contributed by atoms with Crippen LogP contribution in [0.1, 0.15) is 10.5 Å². The maximum Gasteiger partial charge on any atom is 0.276 e. The third kappa shape index (κ3) is 5.89. The zero-order valence-corrected chi connectivity index (χ0v) is 17.9. The predicted molar refractivity (Wildman–Crippen MR) is 119 cm³/mol. The van der Waals surface area contributed by atoms with E-state index in [1.54, 1.807) is 0 Å².